The molecule has 0 aliphatic carbocycles. The van der Waals surface area contributed by atoms with Crippen LogP contribution < -0.4 is 0 Å². The molecule has 0 aromatic heterocycles. The number of rotatable bonds is 8. The molecule has 6 nitrogen and oxygen atoms in total. The van der Waals surface area contributed by atoms with Crippen molar-refractivity contribution in [3.63, 3.8) is 0 Å². The fraction of sp³-hybridized carbons (Fsp3) is 0.857. The Bertz CT molecular complexity index is 298. The summed E-state index contributed by atoms with van der Waals surface area (Å²) in [6.45, 7) is 15.2. The second-order valence-corrected chi connectivity index (χ2v) is 8.59. The molecular formula is C14H28Al2N2O4. The van der Waals surface area contributed by atoms with Gasteiger partial charge in [-0.05, 0) is 55.4 Å². The molecule has 0 aromatic rings. The molecule has 0 aliphatic rings. The van der Waals surface area contributed by atoms with Crippen molar-refractivity contribution < 1.29 is 15.2 Å². The lowest BCUT2D eigenvalue weighted by Crippen LogP contribution is -2.27. The van der Waals surface area contributed by atoms with Gasteiger partial charge in [-0.15, -0.1) is 0 Å². The molecule has 0 aliphatic heterocycles. The Morgan fingerprint density at radius 1 is 0.545 bits per heavy atom. The molecule has 22 heavy (non-hydrogen) atoms. The van der Waals surface area contributed by atoms with Crippen LogP contribution in [-0.4, -0.2) is 54.0 Å². The first-order chi connectivity index (χ1) is 10.1. The van der Waals surface area contributed by atoms with E-state index in [1.807, 2.05) is 55.4 Å². The Labute approximate surface area is 145 Å². The Kier molecular flexibility index (Phi) is 15.9. The summed E-state index contributed by atoms with van der Waals surface area (Å²) in [7, 11) is 0. The van der Waals surface area contributed by atoms with Crippen LogP contribution in [0.3, 0.4) is 0 Å². The first kappa shape index (κ1) is 24.1. The van der Waals surface area contributed by atoms with E-state index in [2.05, 4.69) is 9.86 Å². The lowest BCUT2D eigenvalue weighted by Gasteiger charge is -2.13. The van der Waals surface area contributed by atoms with Gasteiger partial charge in [0.1, 0.15) is 0 Å². The Morgan fingerprint density at radius 2 is 0.727 bits per heavy atom. The molecule has 0 atom stereocenters. The maximum atomic E-state index is 8.59. The van der Waals surface area contributed by atoms with Crippen molar-refractivity contribution in [3.8, 4) is 9.86 Å². The van der Waals surface area contributed by atoms with Gasteiger partial charge in [-0.3, -0.25) is 0 Å². The molecule has 0 unspecified atom stereocenters. The van der Waals surface area contributed by atoms with E-state index in [9.17, 15) is 0 Å². The first-order valence-electron chi connectivity index (χ1n) is 7.53. The molecule has 0 N–H and O–H groups in total. The third-order valence-corrected chi connectivity index (χ3v) is 5.38. The standard InChI is InChI=1S/4C3H7O.2CN.2Al/c4*1-3(2)4;2*1-2;;/h4*3H,1-2H3;;;;/q4*-1;;;2*+2. The zero-order valence-corrected chi connectivity index (χ0v) is 17.3. The van der Waals surface area contributed by atoms with Gasteiger partial charge in [-0.1, -0.05) is 0 Å². The van der Waals surface area contributed by atoms with Gasteiger partial charge in [0.2, 0.25) is 0 Å². The quantitative estimate of drug-likeness (QED) is 0.631. The molecule has 0 radical (unpaired) electrons. The van der Waals surface area contributed by atoms with Crippen molar-refractivity contribution in [2.24, 2.45) is 0 Å². The van der Waals surface area contributed by atoms with Crippen LogP contribution in [0.25, 0.3) is 0 Å². The fourth-order valence-corrected chi connectivity index (χ4v) is 3.52. The van der Waals surface area contributed by atoms with Crippen molar-refractivity contribution in [2.75, 3.05) is 0 Å². The molecule has 0 saturated heterocycles. The van der Waals surface area contributed by atoms with Gasteiger partial charge in [0, 0.05) is 34.3 Å². The highest BCUT2D eigenvalue weighted by Crippen LogP contribution is 1.99. The van der Waals surface area contributed by atoms with Crippen LogP contribution in [0.1, 0.15) is 55.4 Å². The monoisotopic (exact) mass is 342 g/mol. The molecule has 0 aromatic carbocycles. The minimum absolute atomic E-state index is 0.0880. The van der Waals surface area contributed by atoms with E-state index in [-0.39, 0.29) is 24.4 Å². The molecule has 0 fully saturated rings. The highest BCUT2D eigenvalue weighted by Gasteiger charge is 2.29. The van der Waals surface area contributed by atoms with E-state index in [1.54, 1.807) is 0 Å². The Hall–Kier alpha value is -0.115. The predicted molar refractivity (Wildman–Crippen MR) is 87.6 cm³/mol. The summed E-state index contributed by atoms with van der Waals surface area (Å²) in [6.07, 6.45) is 0.352. The normalized spacial score (nSPS) is 10.3. The summed E-state index contributed by atoms with van der Waals surface area (Å²) in [5.41, 5.74) is 0. The maximum Gasteiger partial charge on any atom is 0.817 e. The van der Waals surface area contributed by atoms with Gasteiger partial charge < -0.3 is 15.2 Å². The van der Waals surface area contributed by atoms with E-state index in [0.717, 1.165) is 0 Å². The third kappa shape index (κ3) is 17.9. The molecule has 8 heteroatoms. The van der Waals surface area contributed by atoms with E-state index >= 15 is 0 Å². The second-order valence-electron chi connectivity index (χ2n) is 5.66. The van der Waals surface area contributed by atoms with Crippen LogP contribution in [0.5, 0.6) is 0 Å². The van der Waals surface area contributed by atoms with Gasteiger partial charge in [0.15, 0.2) is 0 Å². The Balaban J connectivity index is 0. The van der Waals surface area contributed by atoms with Crippen molar-refractivity contribution in [1.82, 2.24) is 0 Å². The summed E-state index contributed by atoms with van der Waals surface area (Å²) < 4.78 is 21.1. The van der Waals surface area contributed by atoms with Gasteiger partial charge in [-0.2, -0.15) is 0 Å². The molecule has 0 rings (SSSR count). The molecule has 124 valence electrons. The van der Waals surface area contributed by atoms with Gasteiger partial charge in [0.25, 0.3) is 0 Å². The number of nitrogens with zero attached hydrogens (tertiary/aromatic N) is 2. The molecular weight excluding hydrogens is 314 g/mol. The summed E-state index contributed by atoms with van der Waals surface area (Å²) in [4.78, 5) is 4.12. The minimum Gasteiger partial charge on any atom is -0.465 e. The van der Waals surface area contributed by atoms with Crippen LogP contribution in [0.15, 0.2) is 0 Å². The van der Waals surface area contributed by atoms with Crippen LogP contribution in [0.2, 0.25) is 0 Å². The summed E-state index contributed by atoms with van der Waals surface area (Å²) >= 11 is -4.05. The molecule has 0 bridgehead atoms. The van der Waals surface area contributed by atoms with Crippen molar-refractivity contribution in [2.45, 2.75) is 79.8 Å². The van der Waals surface area contributed by atoms with Crippen molar-refractivity contribution in [1.29, 1.82) is 10.5 Å². The van der Waals surface area contributed by atoms with Gasteiger partial charge >= 0.3 is 29.6 Å². The molecule has 0 saturated carbocycles. The van der Waals surface area contributed by atoms with Crippen LogP contribution in [0, 0.1) is 20.4 Å². The number of hydrogen-bond acceptors (Lipinski definition) is 6. The number of hydrogen-bond donors (Lipinski definition) is 0. The smallest absolute Gasteiger partial charge is 0.465 e. The lowest BCUT2D eigenvalue weighted by molar-refractivity contribution is 0.138. The maximum absolute atomic E-state index is 8.59. The SMILES string of the molecule is CC(C)[O][Al]([C]#N)[O]C(C)C.CC(C)[O][Al]([C]#N)[O]C(C)C. The minimum atomic E-state index is -2.02. The first-order valence-corrected chi connectivity index (χ1v) is 10.6. The topological polar surface area (TPSA) is 84.5 Å². The second kappa shape index (κ2) is 14.5. The average molecular weight is 342 g/mol. The third-order valence-electron chi connectivity index (χ3n) is 1.79. The Morgan fingerprint density at radius 3 is 0.818 bits per heavy atom. The molecule has 0 spiro atoms. The fourth-order valence-electron chi connectivity index (χ4n) is 1.17. The molecule has 0 heterocycles. The zero-order chi connectivity index (χ0) is 17.7. The highest BCUT2D eigenvalue weighted by molar-refractivity contribution is 6.54. The summed E-state index contributed by atoms with van der Waals surface area (Å²) in [5.74, 6) is 0. The van der Waals surface area contributed by atoms with E-state index in [0.29, 0.717) is 0 Å². The summed E-state index contributed by atoms with van der Waals surface area (Å²) in [6, 6.07) is 0. The predicted octanol–water partition coefficient (Wildman–Crippen LogP) is 2.77. The van der Waals surface area contributed by atoms with Gasteiger partial charge in [-0.25, -0.2) is 10.5 Å². The van der Waals surface area contributed by atoms with Crippen LogP contribution >= 0.6 is 0 Å². The van der Waals surface area contributed by atoms with Crippen LogP contribution in [-0.2, 0) is 15.2 Å². The highest BCUT2D eigenvalue weighted by atomic mass is 27.2. The lowest BCUT2D eigenvalue weighted by atomic mass is 10.5. The van der Waals surface area contributed by atoms with E-state index in [1.165, 1.54) is 0 Å². The van der Waals surface area contributed by atoms with Crippen molar-refractivity contribution in [3.05, 3.63) is 0 Å². The zero-order valence-electron chi connectivity index (χ0n) is 15.0. The number of nitriles is 2. The average Bonchev–Trinajstić information content (AvgIpc) is 2.35. The van der Waals surface area contributed by atoms with Crippen LogP contribution in [0.4, 0.5) is 0 Å². The van der Waals surface area contributed by atoms with Crippen molar-refractivity contribution >= 4 is 29.6 Å². The summed E-state index contributed by atoms with van der Waals surface area (Å²) in [5, 5.41) is 17.2. The van der Waals surface area contributed by atoms with E-state index < -0.39 is 29.6 Å². The largest absolute Gasteiger partial charge is 0.817 e. The molecule has 0 amide bonds. The van der Waals surface area contributed by atoms with Gasteiger partial charge in [0.05, 0.1) is 0 Å². The van der Waals surface area contributed by atoms with E-state index in [4.69, 9.17) is 25.7 Å².